The van der Waals surface area contributed by atoms with E-state index in [1.807, 2.05) is 12.1 Å². The molecule has 1 aliphatic rings. The Hall–Kier alpha value is -0.980. The molecule has 1 nitrogen and oxygen atoms in total. The van der Waals surface area contributed by atoms with Crippen molar-refractivity contribution in [2.45, 2.75) is 51.4 Å². The minimum Gasteiger partial charge on any atom is -0.290 e. The summed E-state index contributed by atoms with van der Waals surface area (Å²) in [5, 5.41) is 11.4. The van der Waals surface area contributed by atoms with Gasteiger partial charge < -0.3 is 0 Å². The SMILES string of the molecule is CC1(C)CCC(C)(C)c2cc([O])ccc21. The van der Waals surface area contributed by atoms with Gasteiger partial charge in [-0.1, -0.05) is 33.8 Å². The number of rotatable bonds is 0. The van der Waals surface area contributed by atoms with Crippen molar-refractivity contribution >= 4 is 0 Å². The maximum atomic E-state index is 11.4. The van der Waals surface area contributed by atoms with Crippen LogP contribution < -0.4 is 0 Å². The molecule has 0 saturated heterocycles. The first kappa shape index (κ1) is 10.5. The van der Waals surface area contributed by atoms with Gasteiger partial charge in [0, 0.05) is 0 Å². The number of hydrogen-bond acceptors (Lipinski definition) is 0. The third-order valence-corrected chi connectivity index (χ3v) is 3.82. The van der Waals surface area contributed by atoms with Crippen molar-refractivity contribution in [1.82, 2.24) is 0 Å². The van der Waals surface area contributed by atoms with Crippen molar-refractivity contribution in [3.63, 3.8) is 0 Å². The molecule has 0 aromatic heterocycles. The lowest BCUT2D eigenvalue weighted by Gasteiger charge is -2.41. The summed E-state index contributed by atoms with van der Waals surface area (Å²) in [6.07, 6.45) is 2.36. The molecule has 81 valence electrons. The second-order valence-corrected chi connectivity index (χ2v) is 5.98. The number of benzene rings is 1. The van der Waals surface area contributed by atoms with Crippen LogP contribution in [0.15, 0.2) is 18.2 Å². The standard InChI is InChI=1S/C14H19O/c1-13(2)7-8-14(3,4)12-9-10(15)5-6-11(12)13/h5-6,9H,7-8H2,1-4H3. The van der Waals surface area contributed by atoms with Gasteiger partial charge in [0.05, 0.1) is 0 Å². The zero-order valence-electron chi connectivity index (χ0n) is 10.1. The van der Waals surface area contributed by atoms with E-state index in [9.17, 15) is 5.11 Å². The van der Waals surface area contributed by atoms with Crippen LogP contribution in [0.5, 0.6) is 5.75 Å². The second-order valence-electron chi connectivity index (χ2n) is 5.98. The van der Waals surface area contributed by atoms with Gasteiger partial charge in [0.15, 0.2) is 5.75 Å². The van der Waals surface area contributed by atoms with Gasteiger partial charge in [0.2, 0.25) is 0 Å². The summed E-state index contributed by atoms with van der Waals surface area (Å²) in [6.45, 7) is 9.01. The highest BCUT2D eigenvalue weighted by Crippen LogP contribution is 2.46. The molecule has 1 aromatic rings. The summed E-state index contributed by atoms with van der Waals surface area (Å²) < 4.78 is 0. The Kier molecular flexibility index (Phi) is 2.11. The van der Waals surface area contributed by atoms with Gasteiger partial charge >= 0.3 is 0 Å². The van der Waals surface area contributed by atoms with Crippen LogP contribution in [-0.4, -0.2) is 0 Å². The zero-order valence-corrected chi connectivity index (χ0v) is 10.1. The maximum Gasteiger partial charge on any atom is 0.178 e. The summed E-state index contributed by atoms with van der Waals surface area (Å²) in [7, 11) is 0. The van der Waals surface area contributed by atoms with Gasteiger partial charge in [-0.3, -0.25) is 5.11 Å². The molecule has 0 amide bonds. The average molecular weight is 203 g/mol. The van der Waals surface area contributed by atoms with E-state index in [4.69, 9.17) is 0 Å². The van der Waals surface area contributed by atoms with Crippen LogP contribution in [0.2, 0.25) is 0 Å². The molecule has 2 rings (SSSR count). The van der Waals surface area contributed by atoms with Crippen LogP contribution in [0.1, 0.15) is 51.7 Å². The predicted octanol–water partition coefficient (Wildman–Crippen LogP) is 4.18. The minimum absolute atomic E-state index is 0.138. The highest BCUT2D eigenvalue weighted by atomic mass is 16.3. The van der Waals surface area contributed by atoms with Gasteiger partial charge in [-0.2, -0.15) is 0 Å². The fraction of sp³-hybridized carbons (Fsp3) is 0.571. The molecule has 0 bridgehead atoms. The molecule has 0 atom stereocenters. The first-order valence-electron chi connectivity index (χ1n) is 5.65. The molecule has 0 fully saturated rings. The molecule has 1 heteroatoms. The third kappa shape index (κ3) is 1.64. The lowest BCUT2D eigenvalue weighted by Crippen LogP contribution is -2.33. The summed E-state index contributed by atoms with van der Waals surface area (Å²) in [4.78, 5) is 0. The number of hydrogen-bond donors (Lipinski definition) is 0. The van der Waals surface area contributed by atoms with Gasteiger partial charge in [0.1, 0.15) is 0 Å². The highest BCUT2D eigenvalue weighted by molar-refractivity contribution is 5.44. The highest BCUT2D eigenvalue weighted by Gasteiger charge is 2.36. The summed E-state index contributed by atoms with van der Waals surface area (Å²) in [5.41, 5.74) is 2.99. The Morgan fingerprint density at radius 2 is 1.47 bits per heavy atom. The topological polar surface area (TPSA) is 19.9 Å². The van der Waals surface area contributed by atoms with Gasteiger partial charge in [-0.05, 0) is 46.9 Å². The Bertz CT molecular complexity index is 388. The molecule has 0 unspecified atom stereocenters. The van der Waals surface area contributed by atoms with Crippen LogP contribution in [0.3, 0.4) is 0 Å². The molecular formula is C14H19O. The fourth-order valence-electron chi connectivity index (χ4n) is 2.57. The van der Waals surface area contributed by atoms with Crippen molar-refractivity contribution in [3.05, 3.63) is 29.3 Å². The Labute approximate surface area is 92.1 Å². The second kappa shape index (κ2) is 3.01. The third-order valence-electron chi connectivity index (χ3n) is 3.82. The lowest BCUT2D eigenvalue weighted by molar-refractivity contribution is 0.321. The average Bonchev–Trinajstić information content (AvgIpc) is 2.13. The molecule has 0 aliphatic heterocycles. The predicted molar refractivity (Wildman–Crippen MR) is 61.9 cm³/mol. The lowest BCUT2D eigenvalue weighted by atomic mass is 9.63. The van der Waals surface area contributed by atoms with Crippen LogP contribution in [-0.2, 0) is 15.9 Å². The number of fused-ring (bicyclic) bond motifs is 1. The molecule has 0 heterocycles. The first-order valence-corrected chi connectivity index (χ1v) is 5.65. The van der Waals surface area contributed by atoms with Crippen LogP contribution in [0.25, 0.3) is 0 Å². The monoisotopic (exact) mass is 203 g/mol. The quantitative estimate of drug-likeness (QED) is 0.603. The molecule has 0 saturated carbocycles. The zero-order chi connectivity index (χ0) is 11.3. The van der Waals surface area contributed by atoms with Crippen LogP contribution in [0, 0.1) is 0 Å². The smallest absolute Gasteiger partial charge is 0.178 e. The van der Waals surface area contributed by atoms with Crippen molar-refractivity contribution in [2.24, 2.45) is 0 Å². The summed E-state index contributed by atoms with van der Waals surface area (Å²) in [5.74, 6) is 0.138. The molecule has 1 aliphatic carbocycles. The van der Waals surface area contributed by atoms with Gasteiger partial charge in [-0.15, -0.1) is 0 Å². The van der Waals surface area contributed by atoms with E-state index in [1.165, 1.54) is 17.5 Å². The minimum atomic E-state index is 0.138. The molecule has 0 spiro atoms. The van der Waals surface area contributed by atoms with Crippen molar-refractivity contribution in [3.8, 4) is 5.75 Å². The molecule has 1 aromatic carbocycles. The van der Waals surface area contributed by atoms with Crippen molar-refractivity contribution in [1.29, 1.82) is 0 Å². The van der Waals surface area contributed by atoms with E-state index in [2.05, 4.69) is 27.7 Å². The van der Waals surface area contributed by atoms with Gasteiger partial charge in [0.25, 0.3) is 0 Å². The van der Waals surface area contributed by atoms with Gasteiger partial charge in [-0.25, -0.2) is 0 Å². The Balaban J connectivity index is 2.64. The van der Waals surface area contributed by atoms with Crippen molar-refractivity contribution < 1.29 is 5.11 Å². The van der Waals surface area contributed by atoms with E-state index < -0.39 is 0 Å². The maximum absolute atomic E-state index is 11.4. The Morgan fingerprint density at radius 1 is 0.933 bits per heavy atom. The molecule has 0 N–H and O–H groups in total. The first-order chi connectivity index (χ1) is 6.83. The van der Waals surface area contributed by atoms with Crippen LogP contribution >= 0.6 is 0 Å². The van der Waals surface area contributed by atoms with Crippen molar-refractivity contribution in [2.75, 3.05) is 0 Å². The molecule has 15 heavy (non-hydrogen) atoms. The normalized spacial score (nSPS) is 22.1. The van der Waals surface area contributed by atoms with E-state index in [0.29, 0.717) is 0 Å². The van der Waals surface area contributed by atoms with E-state index in [-0.39, 0.29) is 16.6 Å². The summed E-state index contributed by atoms with van der Waals surface area (Å²) in [6, 6.07) is 5.55. The fourth-order valence-corrected chi connectivity index (χ4v) is 2.57. The van der Waals surface area contributed by atoms with Crippen LogP contribution in [0.4, 0.5) is 0 Å². The van der Waals surface area contributed by atoms with E-state index in [0.717, 1.165) is 6.42 Å². The summed E-state index contributed by atoms with van der Waals surface area (Å²) >= 11 is 0. The molecular weight excluding hydrogens is 184 g/mol. The van der Waals surface area contributed by atoms with E-state index in [1.54, 1.807) is 6.07 Å². The molecule has 1 radical (unpaired) electrons. The Morgan fingerprint density at radius 3 is 2.07 bits per heavy atom. The van der Waals surface area contributed by atoms with E-state index >= 15 is 0 Å². The largest absolute Gasteiger partial charge is 0.290 e.